The van der Waals surface area contributed by atoms with Gasteiger partial charge in [0.25, 0.3) is 0 Å². The Morgan fingerprint density at radius 1 is 1.28 bits per heavy atom. The molecular formula is C11H13F3O4. The molecule has 0 saturated heterocycles. The van der Waals surface area contributed by atoms with Crippen molar-refractivity contribution in [1.29, 1.82) is 0 Å². The lowest BCUT2D eigenvalue weighted by Crippen LogP contribution is -2.19. The lowest BCUT2D eigenvalue weighted by Gasteiger charge is -2.14. The summed E-state index contributed by atoms with van der Waals surface area (Å²) in [6.07, 6.45) is -4.40. The van der Waals surface area contributed by atoms with Gasteiger partial charge in [-0.25, -0.2) is 0 Å². The number of hydrogen-bond donors (Lipinski definition) is 1. The molecule has 1 aromatic rings. The first-order valence-electron chi connectivity index (χ1n) is 5.02. The van der Waals surface area contributed by atoms with Gasteiger partial charge in [-0.3, -0.25) is 0 Å². The van der Waals surface area contributed by atoms with E-state index in [0.29, 0.717) is 11.3 Å². The van der Waals surface area contributed by atoms with Gasteiger partial charge in [0.05, 0.1) is 13.7 Å². The molecular weight excluding hydrogens is 253 g/mol. The summed E-state index contributed by atoms with van der Waals surface area (Å²) in [7, 11) is 1.39. The number of aliphatic hydroxyl groups excluding tert-OH is 1. The summed E-state index contributed by atoms with van der Waals surface area (Å²) in [6, 6.07) is 4.77. The molecule has 18 heavy (non-hydrogen) atoms. The number of ether oxygens (including phenoxy) is 3. The maximum Gasteiger partial charge on any atom is 0.411 e. The molecule has 0 aliphatic rings. The molecule has 0 saturated carbocycles. The Morgan fingerprint density at radius 3 is 2.56 bits per heavy atom. The first-order chi connectivity index (χ1) is 8.48. The molecule has 1 rings (SSSR count). The second-order valence-corrected chi connectivity index (χ2v) is 3.33. The average Bonchev–Trinajstić information content (AvgIpc) is 2.33. The molecule has 102 valence electrons. The number of hydrogen-bond acceptors (Lipinski definition) is 4. The van der Waals surface area contributed by atoms with Crippen LogP contribution in [0.5, 0.6) is 11.5 Å². The molecule has 0 heterocycles. The summed E-state index contributed by atoms with van der Waals surface area (Å²) in [6.45, 7) is -2.28. The van der Waals surface area contributed by atoms with E-state index in [1.165, 1.54) is 7.11 Å². The van der Waals surface area contributed by atoms with Gasteiger partial charge in [0, 0.05) is 5.56 Å². The Bertz CT molecular complexity index is 357. The highest BCUT2D eigenvalue weighted by molar-refractivity contribution is 5.46. The molecule has 0 aliphatic carbocycles. The lowest BCUT2D eigenvalue weighted by molar-refractivity contribution is -0.187. The van der Waals surface area contributed by atoms with E-state index in [9.17, 15) is 13.2 Å². The fourth-order valence-corrected chi connectivity index (χ4v) is 1.27. The predicted molar refractivity (Wildman–Crippen MR) is 56.4 cm³/mol. The van der Waals surface area contributed by atoms with Gasteiger partial charge in [-0.05, 0) is 6.07 Å². The van der Waals surface area contributed by atoms with Gasteiger partial charge in [0.1, 0.15) is 6.61 Å². The molecule has 0 bridgehead atoms. The van der Waals surface area contributed by atoms with Crippen LogP contribution in [-0.2, 0) is 11.3 Å². The van der Waals surface area contributed by atoms with E-state index in [1.807, 2.05) is 0 Å². The van der Waals surface area contributed by atoms with Crippen LogP contribution in [0.1, 0.15) is 5.56 Å². The Balaban J connectivity index is 2.60. The molecule has 0 atom stereocenters. The van der Waals surface area contributed by atoms with Gasteiger partial charge in [0.15, 0.2) is 18.3 Å². The van der Waals surface area contributed by atoms with Gasteiger partial charge in [-0.1, -0.05) is 12.1 Å². The average molecular weight is 266 g/mol. The van der Waals surface area contributed by atoms with Crippen LogP contribution in [0.2, 0.25) is 0 Å². The van der Waals surface area contributed by atoms with Gasteiger partial charge in [-0.2, -0.15) is 13.2 Å². The highest BCUT2D eigenvalue weighted by Crippen LogP contribution is 2.31. The minimum Gasteiger partial charge on any atom is -0.493 e. The molecule has 0 spiro atoms. The highest BCUT2D eigenvalue weighted by Gasteiger charge is 2.27. The van der Waals surface area contributed by atoms with Crippen LogP contribution < -0.4 is 9.47 Å². The molecule has 0 aromatic heterocycles. The number of aliphatic hydroxyl groups is 1. The molecule has 0 unspecified atom stereocenters. The number of para-hydroxylation sites is 1. The normalized spacial score (nSPS) is 11.4. The second kappa shape index (κ2) is 6.46. The first-order valence-corrected chi connectivity index (χ1v) is 5.02. The standard InChI is InChI=1S/C11H13F3O4/c1-16-9-4-2-3-8(5-15)10(9)18-7-17-6-11(12,13)14/h2-4,15H,5-7H2,1H3. The van der Waals surface area contributed by atoms with Crippen LogP contribution in [0.3, 0.4) is 0 Å². The van der Waals surface area contributed by atoms with Crippen molar-refractivity contribution in [3.8, 4) is 11.5 Å². The van der Waals surface area contributed by atoms with Crippen LogP contribution in [0.25, 0.3) is 0 Å². The Hall–Kier alpha value is -1.47. The summed E-state index contributed by atoms with van der Waals surface area (Å²) in [5.41, 5.74) is 0.407. The molecule has 4 nitrogen and oxygen atoms in total. The number of benzene rings is 1. The number of rotatable bonds is 6. The Labute approximate surface area is 102 Å². The SMILES string of the molecule is COc1cccc(CO)c1OCOCC(F)(F)F. The van der Waals surface area contributed by atoms with E-state index >= 15 is 0 Å². The summed E-state index contributed by atoms with van der Waals surface area (Å²) in [5, 5.41) is 9.07. The van der Waals surface area contributed by atoms with Crippen molar-refractivity contribution in [3.63, 3.8) is 0 Å². The van der Waals surface area contributed by atoms with Crippen molar-refractivity contribution < 1.29 is 32.5 Å². The third-order valence-corrected chi connectivity index (χ3v) is 2.00. The Kier molecular flexibility index (Phi) is 5.24. The Morgan fingerprint density at radius 2 is 2.00 bits per heavy atom. The van der Waals surface area contributed by atoms with E-state index < -0.39 is 19.6 Å². The van der Waals surface area contributed by atoms with Crippen molar-refractivity contribution in [2.24, 2.45) is 0 Å². The maximum absolute atomic E-state index is 11.8. The van der Waals surface area contributed by atoms with E-state index in [0.717, 1.165) is 0 Å². The van der Waals surface area contributed by atoms with Crippen molar-refractivity contribution in [2.75, 3.05) is 20.5 Å². The highest BCUT2D eigenvalue weighted by atomic mass is 19.4. The van der Waals surface area contributed by atoms with E-state index in [4.69, 9.17) is 14.6 Å². The zero-order valence-electron chi connectivity index (χ0n) is 9.66. The van der Waals surface area contributed by atoms with E-state index in [-0.39, 0.29) is 12.4 Å². The largest absolute Gasteiger partial charge is 0.493 e. The summed E-state index contributed by atoms with van der Waals surface area (Å²) >= 11 is 0. The lowest BCUT2D eigenvalue weighted by atomic mass is 10.2. The van der Waals surface area contributed by atoms with Gasteiger partial charge in [0.2, 0.25) is 0 Å². The number of methoxy groups -OCH3 is 1. The van der Waals surface area contributed by atoms with Crippen LogP contribution in [0.4, 0.5) is 13.2 Å². The predicted octanol–water partition coefficient (Wildman–Crippen LogP) is 2.10. The monoisotopic (exact) mass is 266 g/mol. The van der Waals surface area contributed by atoms with Crippen LogP contribution >= 0.6 is 0 Å². The van der Waals surface area contributed by atoms with Crippen molar-refractivity contribution >= 4 is 0 Å². The van der Waals surface area contributed by atoms with E-state index in [1.54, 1.807) is 18.2 Å². The molecule has 1 aromatic carbocycles. The van der Waals surface area contributed by atoms with Crippen LogP contribution in [0.15, 0.2) is 18.2 Å². The van der Waals surface area contributed by atoms with Gasteiger partial charge >= 0.3 is 6.18 Å². The van der Waals surface area contributed by atoms with Crippen LogP contribution in [0, 0.1) is 0 Å². The third kappa shape index (κ3) is 4.42. The smallest absolute Gasteiger partial charge is 0.411 e. The van der Waals surface area contributed by atoms with Crippen LogP contribution in [-0.4, -0.2) is 31.8 Å². The molecule has 0 fully saturated rings. The molecule has 0 aliphatic heterocycles. The topological polar surface area (TPSA) is 47.9 Å². The number of alkyl halides is 3. The molecule has 7 heteroatoms. The minimum atomic E-state index is -4.40. The maximum atomic E-state index is 11.8. The molecule has 0 radical (unpaired) electrons. The summed E-state index contributed by atoms with van der Waals surface area (Å²) in [4.78, 5) is 0. The van der Waals surface area contributed by atoms with Crippen molar-refractivity contribution in [3.05, 3.63) is 23.8 Å². The minimum absolute atomic E-state index is 0.171. The molecule has 1 N–H and O–H groups in total. The zero-order chi connectivity index (χ0) is 13.6. The van der Waals surface area contributed by atoms with Gasteiger partial charge < -0.3 is 19.3 Å². The second-order valence-electron chi connectivity index (χ2n) is 3.33. The summed E-state index contributed by atoms with van der Waals surface area (Å²) in [5.74, 6) is 0.488. The third-order valence-electron chi connectivity index (χ3n) is 2.00. The fourth-order valence-electron chi connectivity index (χ4n) is 1.27. The zero-order valence-corrected chi connectivity index (χ0v) is 9.66. The molecule has 0 amide bonds. The van der Waals surface area contributed by atoms with E-state index in [2.05, 4.69) is 4.74 Å². The number of halogens is 3. The van der Waals surface area contributed by atoms with Crippen molar-refractivity contribution in [1.82, 2.24) is 0 Å². The quantitative estimate of drug-likeness (QED) is 0.632. The first kappa shape index (κ1) is 14.6. The fraction of sp³-hybridized carbons (Fsp3) is 0.455. The van der Waals surface area contributed by atoms with Gasteiger partial charge in [-0.15, -0.1) is 0 Å². The summed E-state index contributed by atoms with van der Waals surface area (Å²) < 4.78 is 49.8. The van der Waals surface area contributed by atoms with Crippen molar-refractivity contribution in [2.45, 2.75) is 12.8 Å².